The van der Waals surface area contributed by atoms with Gasteiger partial charge < -0.3 is 9.84 Å². The molecule has 0 atom stereocenters. The highest BCUT2D eigenvalue weighted by atomic mass is 32.1. The molecular weight excluding hydrogens is 184 g/mol. The molecule has 1 aromatic rings. The first-order valence-corrected chi connectivity index (χ1v) is 4.57. The number of hydrogen-bond donors (Lipinski definition) is 1. The molecule has 3 heteroatoms. The van der Waals surface area contributed by atoms with E-state index in [1.54, 1.807) is 12.1 Å². The number of thiocarbonyl (C=S) groups is 1. The lowest BCUT2D eigenvalue weighted by Crippen LogP contribution is -2.04. The number of hydrogen-bond acceptors (Lipinski definition) is 3. The summed E-state index contributed by atoms with van der Waals surface area (Å²) in [5, 5.41) is 9.93. The Balaban J connectivity index is 2.63. The lowest BCUT2D eigenvalue weighted by molar-refractivity contribution is 0.329. The van der Waals surface area contributed by atoms with Gasteiger partial charge in [-0.3, -0.25) is 0 Å². The summed E-state index contributed by atoms with van der Waals surface area (Å²) in [6, 6.07) is 7.12. The number of benzene rings is 1. The maximum Gasteiger partial charge on any atom is 0.164 e. The van der Waals surface area contributed by atoms with Crippen LogP contribution in [0.3, 0.4) is 0 Å². The van der Waals surface area contributed by atoms with Crippen LogP contribution in [0.5, 0.6) is 5.75 Å². The molecule has 0 aliphatic heterocycles. The molecule has 0 saturated carbocycles. The molecule has 2 nitrogen and oxygen atoms in total. The molecule has 0 heterocycles. The summed E-state index contributed by atoms with van der Waals surface area (Å²) in [6.07, 6.45) is 0.496. The van der Waals surface area contributed by atoms with E-state index in [9.17, 15) is 5.11 Å². The topological polar surface area (TPSA) is 29.5 Å². The molecule has 1 N–H and O–H groups in total. The van der Waals surface area contributed by atoms with Crippen molar-refractivity contribution in [3.8, 4) is 5.75 Å². The van der Waals surface area contributed by atoms with Crippen LogP contribution in [0.4, 0.5) is 0 Å². The highest BCUT2D eigenvalue weighted by Gasteiger charge is 2.03. The van der Waals surface area contributed by atoms with Crippen LogP contribution in [-0.4, -0.2) is 16.8 Å². The van der Waals surface area contributed by atoms with E-state index in [-0.39, 0.29) is 5.75 Å². The van der Waals surface area contributed by atoms with Crippen molar-refractivity contribution in [1.82, 2.24) is 0 Å². The average molecular weight is 196 g/mol. The predicted octanol–water partition coefficient (Wildman–Crippen LogP) is 2.30. The summed E-state index contributed by atoms with van der Waals surface area (Å²) >= 11 is 4.96. The van der Waals surface area contributed by atoms with Gasteiger partial charge in [-0.25, -0.2) is 0 Å². The van der Waals surface area contributed by atoms with Gasteiger partial charge in [-0.1, -0.05) is 18.2 Å². The van der Waals surface area contributed by atoms with Crippen LogP contribution in [-0.2, 0) is 11.2 Å². The molecule has 0 spiro atoms. The summed E-state index contributed by atoms with van der Waals surface area (Å²) in [4.78, 5) is 0. The van der Waals surface area contributed by atoms with Gasteiger partial charge in [0, 0.05) is 12.0 Å². The van der Waals surface area contributed by atoms with Gasteiger partial charge in [0.25, 0.3) is 0 Å². The second-order valence-electron chi connectivity index (χ2n) is 2.61. The van der Waals surface area contributed by atoms with E-state index >= 15 is 0 Å². The first kappa shape index (κ1) is 9.99. The molecule has 0 saturated heterocycles. The molecule has 0 fully saturated rings. The predicted molar refractivity (Wildman–Crippen MR) is 56.0 cm³/mol. The standard InChI is InChI=1S/C10H12O2S/c1-2-12-10(13)7-8-5-3-4-6-9(8)11/h3-6,11H,2,7H2,1H3. The fraction of sp³-hybridized carbons (Fsp3) is 0.300. The Labute approximate surface area is 83.2 Å². The van der Waals surface area contributed by atoms with Gasteiger partial charge in [0.15, 0.2) is 5.05 Å². The molecule has 0 radical (unpaired) electrons. The van der Waals surface area contributed by atoms with E-state index in [2.05, 4.69) is 0 Å². The second kappa shape index (κ2) is 4.82. The molecular formula is C10H12O2S. The summed E-state index contributed by atoms with van der Waals surface area (Å²) in [7, 11) is 0. The summed E-state index contributed by atoms with van der Waals surface area (Å²) in [6.45, 7) is 2.46. The zero-order chi connectivity index (χ0) is 9.68. The zero-order valence-corrected chi connectivity index (χ0v) is 8.30. The van der Waals surface area contributed by atoms with E-state index in [1.807, 2.05) is 19.1 Å². The van der Waals surface area contributed by atoms with Gasteiger partial charge in [0.1, 0.15) is 5.75 Å². The largest absolute Gasteiger partial charge is 0.508 e. The quantitative estimate of drug-likeness (QED) is 0.752. The van der Waals surface area contributed by atoms with Crippen molar-refractivity contribution in [1.29, 1.82) is 0 Å². The number of rotatable bonds is 3. The van der Waals surface area contributed by atoms with E-state index in [4.69, 9.17) is 17.0 Å². The van der Waals surface area contributed by atoms with E-state index in [0.717, 1.165) is 5.56 Å². The summed E-state index contributed by atoms with van der Waals surface area (Å²) in [5.41, 5.74) is 0.806. The average Bonchev–Trinajstić information content (AvgIpc) is 2.09. The van der Waals surface area contributed by atoms with Crippen LogP contribution in [0.15, 0.2) is 24.3 Å². The van der Waals surface area contributed by atoms with Crippen molar-refractivity contribution < 1.29 is 9.84 Å². The van der Waals surface area contributed by atoms with Gasteiger partial charge in [-0.2, -0.15) is 0 Å². The molecule has 1 rings (SSSR count). The van der Waals surface area contributed by atoms with Gasteiger partial charge in [0.05, 0.1) is 6.61 Å². The number of para-hydroxylation sites is 1. The molecule has 13 heavy (non-hydrogen) atoms. The Hall–Kier alpha value is -1.09. The third kappa shape index (κ3) is 3.03. The van der Waals surface area contributed by atoms with Crippen LogP contribution in [0, 0.1) is 0 Å². The van der Waals surface area contributed by atoms with Crippen molar-refractivity contribution in [3.63, 3.8) is 0 Å². The Morgan fingerprint density at radius 1 is 1.46 bits per heavy atom. The molecule has 1 aromatic carbocycles. The lowest BCUT2D eigenvalue weighted by atomic mass is 10.1. The number of ether oxygens (including phenoxy) is 1. The number of phenols is 1. The van der Waals surface area contributed by atoms with Crippen molar-refractivity contribution in [2.24, 2.45) is 0 Å². The molecule has 0 unspecified atom stereocenters. The first-order chi connectivity index (χ1) is 6.24. The molecule has 0 bridgehead atoms. The van der Waals surface area contributed by atoms with Crippen molar-refractivity contribution in [2.75, 3.05) is 6.61 Å². The Bertz CT molecular complexity index is 297. The molecule has 0 aliphatic rings. The third-order valence-electron chi connectivity index (χ3n) is 1.63. The smallest absolute Gasteiger partial charge is 0.164 e. The molecule has 0 amide bonds. The summed E-state index contributed by atoms with van der Waals surface area (Å²) < 4.78 is 5.12. The monoisotopic (exact) mass is 196 g/mol. The number of phenolic OH excluding ortho intramolecular Hbond substituents is 1. The van der Waals surface area contributed by atoms with Crippen molar-refractivity contribution >= 4 is 17.3 Å². The molecule has 0 aliphatic carbocycles. The van der Waals surface area contributed by atoms with Gasteiger partial charge >= 0.3 is 0 Å². The highest BCUT2D eigenvalue weighted by Crippen LogP contribution is 2.16. The second-order valence-corrected chi connectivity index (χ2v) is 3.07. The van der Waals surface area contributed by atoms with Gasteiger partial charge in [0.2, 0.25) is 0 Å². The van der Waals surface area contributed by atoms with E-state index < -0.39 is 0 Å². The minimum absolute atomic E-state index is 0.268. The highest BCUT2D eigenvalue weighted by molar-refractivity contribution is 7.80. The molecule has 70 valence electrons. The van der Waals surface area contributed by atoms with Crippen LogP contribution in [0.25, 0.3) is 0 Å². The fourth-order valence-electron chi connectivity index (χ4n) is 1.03. The first-order valence-electron chi connectivity index (χ1n) is 4.16. The van der Waals surface area contributed by atoms with Gasteiger partial charge in [-0.15, -0.1) is 0 Å². The Morgan fingerprint density at radius 3 is 2.77 bits per heavy atom. The van der Waals surface area contributed by atoms with Crippen LogP contribution in [0.1, 0.15) is 12.5 Å². The Morgan fingerprint density at radius 2 is 2.15 bits per heavy atom. The third-order valence-corrected chi connectivity index (χ3v) is 1.89. The van der Waals surface area contributed by atoms with Crippen molar-refractivity contribution in [3.05, 3.63) is 29.8 Å². The van der Waals surface area contributed by atoms with E-state index in [1.165, 1.54) is 0 Å². The van der Waals surface area contributed by atoms with Crippen molar-refractivity contribution in [2.45, 2.75) is 13.3 Å². The normalized spacial score (nSPS) is 9.62. The van der Waals surface area contributed by atoms with Crippen LogP contribution in [0.2, 0.25) is 0 Å². The maximum atomic E-state index is 9.41. The van der Waals surface area contributed by atoms with Crippen LogP contribution < -0.4 is 0 Å². The lowest BCUT2D eigenvalue weighted by Gasteiger charge is -2.05. The zero-order valence-electron chi connectivity index (χ0n) is 7.49. The fourth-order valence-corrected chi connectivity index (χ4v) is 1.30. The van der Waals surface area contributed by atoms with Gasteiger partial charge in [-0.05, 0) is 25.2 Å². The minimum atomic E-state index is 0.268. The minimum Gasteiger partial charge on any atom is -0.508 e. The maximum absolute atomic E-state index is 9.41. The number of aromatic hydroxyl groups is 1. The van der Waals surface area contributed by atoms with Crippen LogP contribution >= 0.6 is 12.2 Å². The summed E-state index contributed by atoms with van der Waals surface area (Å²) in [5.74, 6) is 0.268. The Kier molecular flexibility index (Phi) is 3.71. The van der Waals surface area contributed by atoms with E-state index in [0.29, 0.717) is 18.1 Å². The molecule has 0 aromatic heterocycles. The SMILES string of the molecule is CCOC(=S)Cc1ccccc1O.